The van der Waals surface area contributed by atoms with E-state index < -0.39 is 11.6 Å². The minimum Gasteiger partial charge on any atom is -0.309 e. The summed E-state index contributed by atoms with van der Waals surface area (Å²) in [5, 5.41) is 15.5. The van der Waals surface area contributed by atoms with E-state index in [9.17, 15) is 8.78 Å². The van der Waals surface area contributed by atoms with Crippen LogP contribution < -0.4 is 5.32 Å². The van der Waals surface area contributed by atoms with Crippen molar-refractivity contribution in [2.75, 3.05) is 5.32 Å². The summed E-state index contributed by atoms with van der Waals surface area (Å²) in [7, 11) is 1.82. The van der Waals surface area contributed by atoms with Crippen molar-refractivity contribution >= 4 is 17.4 Å². The Labute approximate surface area is 175 Å². The second kappa shape index (κ2) is 7.56. The molecule has 0 saturated heterocycles. The zero-order chi connectivity index (χ0) is 21.4. The highest BCUT2D eigenvalue weighted by atomic mass is 19.2. The van der Waals surface area contributed by atoms with E-state index in [1.165, 1.54) is 12.1 Å². The molecule has 4 aromatic heterocycles. The lowest BCUT2D eigenvalue weighted by atomic mass is 10.1. The molecule has 1 N–H and O–H groups in total. The van der Waals surface area contributed by atoms with Gasteiger partial charge in [0.25, 0.3) is 0 Å². The Morgan fingerprint density at radius 2 is 1.94 bits per heavy atom. The molecule has 0 amide bonds. The molecule has 1 aromatic carbocycles. The van der Waals surface area contributed by atoms with Crippen molar-refractivity contribution in [2.45, 2.75) is 6.42 Å². The van der Waals surface area contributed by atoms with Crippen molar-refractivity contribution in [3.05, 3.63) is 84.1 Å². The van der Waals surface area contributed by atoms with Crippen LogP contribution in [0.25, 0.3) is 16.9 Å². The number of anilines is 2. The molecule has 0 aliphatic rings. The van der Waals surface area contributed by atoms with Crippen LogP contribution >= 0.6 is 0 Å². The summed E-state index contributed by atoms with van der Waals surface area (Å²) in [6, 6.07) is 11.4. The number of halogens is 2. The number of rotatable bonds is 5. The van der Waals surface area contributed by atoms with Gasteiger partial charge in [0.2, 0.25) is 5.95 Å². The van der Waals surface area contributed by atoms with Crippen molar-refractivity contribution in [1.29, 1.82) is 0 Å². The quantitative estimate of drug-likeness (QED) is 0.470. The number of nitrogens with zero attached hydrogens (tertiary/aromatic N) is 7. The third-order valence-corrected chi connectivity index (χ3v) is 4.87. The molecule has 0 fully saturated rings. The molecular formula is C21H16F2N8. The maximum atomic E-state index is 14.0. The summed E-state index contributed by atoms with van der Waals surface area (Å²) in [5.41, 5.74) is 2.31. The maximum Gasteiger partial charge on any atom is 0.228 e. The first kappa shape index (κ1) is 18.8. The van der Waals surface area contributed by atoms with E-state index in [1.807, 2.05) is 25.2 Å². The molecule has 5 aromatic rings. The Morgan fingerprint density at radius 1 is 1.03 bits per heavy atom. The van der Waals surface area contributed by atoms with E-state index in [0.717, 1.165) is 17.4 Å². The predicted octanol–water partition coefficient (Wildman–Crippen LogP) is 3.53. The maximum absolute atomic E-state index is 14.0. The van der Waals surface area contributed by atoms with E-state index in [0.29, 0.717) is 23.1 Å². The molecular weight excluding hydrogens is 402 g/mol. The summed E-state index contributed by atoms with van der Waals surface area (Å²) >= 11 is 0. The monoisotopic (exact) mass is 418 g/mol. The number of aromatic nitrogens is 7. The van der Waals surface area contributed by atoms with Gasteiger partial charge < -0.3 is 5.32 Å². The smallest absolute Gasteiger partial charge is 0.228 e. The van der Waals surface area contributed by atoms with E-state index in [4.69, 9.17) is 0 Å². The van der Waals surface area contributed by atoms with Gasteiger partial charge in [-0.15, -0.1) is 10.2 Å². The normalized spacial score (nSPS) is 11.2. The fraction of sp³-hybridized carbons (Fsp3) is 0.0952. The van der Waals surface area contributed by atoms with Crippen molar-refractivity contribution in [1.82, 2.24) is 34.3 Å². The summed E-state index contributed by atoms with van der Waals surface area (Å²) in [6.07, 6.45) is 5.25. The van der Waals surface area contributed by atoms with Gasteiger partial charge in [-0.3, -0.25) is 9.08 Å². The second-order valence-electron chi connectivity index (χ2n) is 6.88. The van der Waals surface area contributed by atoms with Crippen LogP contribution in [0, 0.1) is 11.6 Å². The van der Waals surface area contributed by atoms with E-state index in [-0.39, 0.29) is 12.0 Å². The van der Waals surface area contributed by atoms with Crippen molar-refractivity contribution in [3.63, 3.8) is 0 Å². The first-order chi connectivity index (χ1) is 15.1. The highest BCUT2D eigenvalue weighted by molar-refractivity contribution is 5.65. The average Bonchev–Trinajstić information content (AvgIpc) is 3.37. The Bertz CT molecular complexity index is 1390. The number of benzene rings is 1. The number of nitrogens with one attached hydrogen (secondary N) is 1. The fourth-order valence-electron chi connectivity index (χ4n) is 3.27. The molecule has 10 heteroatoms. The van der Waals surface area contributed by atoms with Gasteiger partial charge in [-0.05, 0) is 29.8 Å². The first-order valence-electron chi connectivity index (χ1n) is 9.43. The van der Waals surface area contributed by atoms with Crippen LogP contribution in [-0.2, 0) is 13.5 Å². The van der Waals surface area contributed by atoms with Crippen LogP contribution in [0.15, 0.2) is 61.1 Å². The number of aryl methyl sites for hydroxylation is 1. The summed E-state index contributed by atoms with van der Waals surface area (Å²) in [6.45, 7) is 0. The predicted molar refractivity (Wildman–Crippen MR) is 110 cm³/mol. The largest absolute Gasteiger partial charge is 0.309 e. The van der Waals surface area contributed by atoms with E-state index >= 15 is 0 Å². The van der Waals surface area contributed by atoms with Gasteiger partial charge in [-0.25, -0.2) is 18.7 Å². The molecule has 0 radical (unpaired) electrons. The van der Waals surface area contributed by atoms with Gasteiger partial charge in [-0.2, -0.15) is 5.10 Å². The SMILES string of the molecule is Cn1nccc1Nc1nccc(-c2ccn3c(Cc4cccc(F)c4F)nnc3c2)n1. The molecule has 0 aliphatic heterocycles. The zero-order valence-electron chi connectivity index (χ0n) is 16.4. The lowest BCUT2D eigenvalue weighted by molar-refractivity contribution is 0.500. The topological polar surface area (TPSA) is 85.8 Å². The fourth-order valence-corrected chi connectivity index (χ4v) is 3.27. The molecule has 5 rings (SSSR count). The van der Waals surface area contributed by atoms with Crippen molar-refractivity contribution in [3.8, 4) is 11.3 Å². The number of fused-ring (bicyclic) bond motifs is 1. The van der Waals surface area contributed by atoms with E-state index in [2.05, 4.69) is 30.6 Å². The highest BCUT2D eigenvalue weighted by Crippen LogP contribution is 2.22. The van der Waals surface area contributed by atoms with Gasteiger partial charge >= 0.3 is 0 Å². The molecule has 0 spiro atoms. The summed E-state index contributed by atoms with van der Waals surface area (Å²) in [4.78, 5) is 8.80. The van der Waals surface area contributed by atoms with Gasteiger partial charge in [-0.1, -0.05) is 12.1 Å². The molecule has 0 unspecified atom stereocenters. The third kappa shape index (κ3) is 3.59. The Hall–Kier alpha value is -4.21. The highest BCUT2D eigenvalue weighted by Gasteiger charge is 2.13. The molecule has 0 saturated carbocycles. The van der Waals surface area contributed by atoms with Crippen LogP contribution in [0.3, 0.4) is 0 Å². The number of hydrogen-bond donors (Lipinski definition) is 1. The summed E-state index contributed by atoms with van der Waals surface area (Å²) < 4.78 is 30.9. The molecule has 0 bridgehead atoms. The molecule has 154 valence electrons. The van der Waals surface area contributed by atoms with Gasteiger partial charge in [0.15, 0.2) is 17.3 Å². The Morgan fingerprint density at radius 3 is 2.77 bits per heavy atom. The zero-order valence-corrected chi connectivity index (χ0v) is 16.4. The first-order valence-corrected chi connectivity index (χ1v) is 9.43. The second-order valence-corrected chi connectivity index (χ2v) is 6.88. The van der Waals surface area contributed by atoms with Crippen molar-refractivity contribution < 1.29 is 8.78 Å². The molecule has 0 atom stereocenters. The number of hydrogen-bond acceptors (Lipinski definition) is 6. The van der Waals surface area contributed by atoms with Gasteiger partial charge in [0.05, 0.1) is 11.9 Å². The standard InChI is InChI=1S/C21H16F2N8/c1-30-17(6-9-25-30)27-21-24-8-5-16(26-21)13-7-10-31-18(11-13)28-29-19(31)12-14-3-2-4-15(22)20(14)23/h2-11H,12H2,1H3,(H,24,26,27). The van der Waals surface area contributed by atoms with Crippen LogP contribution in [0.5, 0.6) is 0 Å². The van der Waals surface area contributed by atoms with Gasteiger partial charge in [0, 0.05) is 37.5 Å². The van der Waals surface area contributed by atoms with Crippen LogP contribution in [0.1, 0.15) is 11.4 Å². The minimum absolute atomic E-state index is 0.121. The Balaban J connectivity index is 1.44. The minimum atomic E-state index is -0.882. The molecule has 0 aliphatic carbocycles. The summed E-state index contributed by atoms with van der Waals surface area (Å²) in [5.74, 6) is -0.0468. The number of pyridine rings is 1. The van der Waals surface area contributed by atoms with Gasteiger partial charge in [0.1, 0.15) is 11.6 Å². The van der Waals surface area contributed by atoms with Crippen LogP contribution in [0.4, 0.5) is 20.5 Å². The Kier molecular flexibility index (Phi) is 4.58. The lowest BCUT2D eigenvalue weighted by Gasteiger charge is -2.07. The molecule has 31 heavy (non-hydrogen) atoms. The third-order valence-electron chi connectivity index (χ3n) is 4.87. The molecule has 8 nitrogen and oxygen atoms in total. The van der Waals surface area contributed by atoms with E-state index in [1.54, 1.807) is 33.7 Å². The van der Waals surface area contributed by atoms with Crippen molar-refractivity contribution in [2.24, 2.45) is 7.05 Å². The molecule has 4 heterocycles. The average molecular weight is 418 g/mol. The lowest BCUT2D eigenvalue weighted by Crippen LogP contribution is -2.03. The van der Waals surface area contributed by atoms with Crippen LogP contribution in [-0.4, -0.2) is 34.3 Å². The van der Waals surface area contributed by atoms with Crippen LogP contribution in [0.2, 0.25) is 0 Å².